The Labute approximate surface area is 106 Å². The van der Waals surface area contributed by atoms with Crippen molar-refractivity contribution in [3.05, 3.63) is 29.3 Å². The van der Waals surface area contributed by atoms with Crippen LogP contribution in [-0.2, 0) is 10.2 Å². The number of aromatic hydroxyl groups is 1. The lowest BCUT2D eigenvalue weighted by molar-refractivity contribution is 0.171. The fourth-order valence-corrected chi connectivity index (χ4v) is 1.32. The minimum atomic E-state index is -0.655. The van der Waals surface area contributed by atoms with Crippen molar-refractivity contribution in [1.82, 2.24) is 5.43 Å². The summed E-state index contributed by atoms with van der Waals surface area (Å²) >= 11 is 0. The molecular formula is C13H18N2O3. The van der Waals surface area contributed by atoms with Crippen molar-refractivity contribution in [2.45, 2.75) is 26.2 Å². The summed E-state index contributed by atoms with van der Waals surface area (Å²) in [6, 6.07) is 5.30. The third-order valence-corrected chi connectivity index (χ3v) is 2.44. The fourth-order valence-electron chi connectivity index (χ4n) is 1.32. The molecule has 0 spiro atoms. The lowest BCUT2D eigenvalue weighted by Gasteiger charge is -2.19. The molecular weight excluding hydrogens is 232 g/mol. The van der Waals surface area contributed by atoms with Gasteiger partial charge >= 0.3 is 6.09 Å². The summed E-state index contributed by atoms with van der Waals surface area (Å²) in [6.45, 7) is 6.23. The number of hydrazone groups is 1. The van der Waals surface area contributed by atoms with E-state index in [0.717, 1.165) is 5.56 Å². The van der Waals surface area contributed by atoms with Gasteiger partial charge in [-0.2, -0.15) is 5.10 Å². The summed E-state index contributed by atoms with van der Waals surface area (Å²) in [6.07, 6.45) is 0.722. The van der Waals surface area contributed by atoms with Crippen molar-refractivity contribution < 1.29 is 14.6 Å². The molecule has 1 rings (SSSR count). The lowest BCUT2D eigenvalue weighted by Crippen LogP contribution is -2.17. The molecule has 98 valence electrons. The average molecular weight is 250 g/mol. The smallest absolute Gasteiger partial charge is 0.427 e. The molecule has 0 fully saturated rings. The van der Waals surface area contributed by atoms with E-state index in [-0.39, 0.29) is 11.2 Å². The number of ether oxygens (including phenoxy) is 1. The van der Waals surface area contributed by atoms with Gasteiger partial charge in [-0.1, -0.05) is 26.8 Å². The highest BCUT2D eigenvalue weighted by Crippen LogP contribution is 2.26. The Balaban J connectivity index is 2.91. The summed E-state index contributed by atoms with van der Waals surface area (Å²) in [5.74, 6) is 0.110. The van der Waals surface area contributed by atoms with Crippen LogP contribution in [0, 0.1) is 0 Å². The SMILES string of the molecule is COC(=O)NN=Cc1cc(C(C)(C)C)ccc1O. The molecule has 1 aromatic rings. The average Bonchev–Trinajstić information content (AvgIpc) is 2.29. The highest BCUT2D eigenvalue weighted by atomic mass is 16.5. The molecule has 0 unspecified atom stereocenters. The monoisotopic (exact) mass is 250 g/mol. The van der Waals surface area contributed by atoms with Gasteiger partial charge in [0.2, 0.25) is 0 Å². The summed E-state index contributed by atoms with van der Waals surface area (Å²) in [4.78, 5) is 10.8. The number of nitrogens with one attached hydrogen (secondary N) is 1. The maximum absolute atomic E-state index is 10.8. The molecule has 0 aromatic heterocycles. The molecule has 5 nitrogen and oxygen atoms in total. The van der Waals surface area contributed by atoms with Gasteiger partial charge < -0.3 is 9.84 Å². The van der Waals surface area contributed by atoms with Crippen LogP contribution < -0.4 is 5.43 Å². The van der Waals surface area contributed by atoms with Crippen molar-refractivity contribution in [2.75, 3.05) is 7.11 Å². The van der Waals surface area contributed by atoms with E-state index in [9.17, 15) is 9.90 Å². The molecule has 0 atom stereocenters. The Morgan fingerprint density at radius 2 is 2.11 bits per heavy atom. The zero-order valence-corrected chi connectivity index (χ0v) is 11.0. The molecule has 0 heterocycles. The van der Waals surface area contributed by atoms with E-state index in [1.165, 1.54) is 13.3 Å². The third-order valence-electron chi connectivity index (χ3n) is 2.44. The fraction of sp³-hybridized carbons (Fsp3) is 0.385. The molecule has 0 aliphatic rings. The second-order valence-corrected chi connectivity index (χ2v) is 4.89. The van der Waals surface area contributed by atoms with Crippen LogP contribution in [-0.4, -0.2) is 24.5 Å². The lowest BCUT2D eigenvalue weighted by atomic mass is 9.86. The predicted octanol–water partition coefficient (Wildman–Crippen LogP) is 2.38. The van der Waals surface area contributed by atoms with Gasteiger partial charge in [-0.25, -0.2) is 10.2 Å². The van der Waals surface area contributed by atoms with Crippen LogP contribution in [0.3, 0.4) is 0 Å². The maximum atomic E-state index is 10.8. The normalized spacial score (nSPS) is 11.6. The van der Waals surface area contributed by atoms with E-state index >= 15 is 0 Å². The number of phenols is 1. The number of methoxy groups -OCH3 is 1. The number of nitrogens with zero attached hydrogens (tertiary/aromatic N) is 1. The number of amides is 1. The van der Waals surface area contributed by atoms with Gasteiger partial charge in [0.15, 0.2) is 0 Å². The van der Waals surface area contributed by atoms with Gasteiger partial charge in [0.05, 0.1) is 13.3 Å². The Morgan fingerprint density at radius 1 is 1.44 bits per heavy atom. The molecule has 0 radical (unpaired) electrons. The first-order chi connectivity index (χ1) is 8.34. The quantitative estimate of drug-likeness (QED) is 0.625. The number of rotatable bonds is 2. The standard InChI is InChI=1S/C13H18N2O3/c1-13(2,3)10-5-6-11(16)9(7-10)8-14-15-12(17)18-4/h5-8,16H,1-4H3,(H,15,17). The number of carbonyl (C=O) groups is 1. The molecule has 1 amide bonds. The molecule has 1 aromatic carbocycles. The van der Waals surface area contributed by atoms with E-state index < -0.39 is 6.09 Å². The first-order valence-electron chi connectivity index (χ1n) is 5.55. The van der Waals surface area contributed by atoms with Gasteiger partial charge in [-0.3, -0.25) is 0 Å². The second kappa shape index (κ2) is 5.53. The number of hydrogen-bond donors (Lipinski definition) is 2. The van der Waals surface area contributed by atoms with E-state index in [2.05, 4.69) is 36.0 Å². The summed E-state index contributed by atoms with van der Waals surface area (Å²) in [7, 11) is 1.25. The van der Waals surface area contributed by atoms with Crippen LogP contribution in [0.2, 0.25) is 0 Å². The van der Waals surface area contributed by atoms with Crippen LogP contribution in [0.5, 0.6) is 5.75 Å². The third kappa shape index (κ3) is 3.76. The van der Waals surface area contributed by atoms with E-state index in [1.54, 1.807) is 6.07 Å². The van der Waals surface area contributed by atoms with Crippen LogP contribution in [0.25, 0.3) is 0 Å². The van der Waals surface area contributed by atoms with E-state index in [4.69, 9.17) is 0 Å². The zero-order chi connectivity index (χ0) is 13.8. The summed E-state index contributed by atoms with van der Waals surface area (Å²) < 4.78 is 4.37. The molecule has 0 saturated carbocycles. The predicted molar refractivity (Wildman–Crippen MR) is 69.9 cm³/mol. The van der Waals surface area contributed by atoms with Crippen molar-refractivity contribution >= 4 is 12.3 Å². The number of benzene rings is 1. The minimum Gasteiger partial charge on any atom is -0.507 e. The molecule has 18 heavy (non-hydrogen) atoms. The van der Waals surface area contributed by atoms with Crippen molar-refractivity contribution in [3.8, 4) is 5.75 Å². The summed E-state index contributed by atoms with van der Waals surface area (Å²) in [5, 5.41) is 13.4. The van der Waals surface area contributed by atoms with E-state index in [0.29, 0.717) is 5.56 Å². The Kier molecular flexibility index (Phi) is 4.31. The van der Waals surface area contributed by atoms with Gasteiger partial charge in [-0.15, -0.1) is 0 Å². The van der Waals surface area contributed by atoms with Crippen LogP contribution >= 0.6 is 0 Å². The van der Waals surface area contributed by atoms with Crippen molar-refractivity contribution in [2.24, 2.45) is 5.10 Å². The number of carbonyl (C=O) groups excluding carboxylic acids is 1. The Hall–Kier alpha value is -2.04. The number of phenolic OH excluding ortho intramolecular Hbond substituents is 1. The van der Waals surface area contributed by atoms with Gasteiger partial charge in [0, 0.05) is 5.56 Å². The van der Waals surface area contributed by atoms with Crippen LogP contribution in [0.4, 0.5) is 4.79 Å². The van der Waals surface area contributed by atoms with Gasteiger partial charge in [0.1, 0.15) is 5.75 Å². The first kappa shape index (κ1) is 14.0. The van der Waals surface area contributed by atoms with E-state index in [1.807, 2.05) is 12.1 Å². The Bertz CT molecular complexity index is 462. The molecule has 5 heteroatoms. The highest BCUT2D eigenvalue weighted by Gasteiger charge is 2.14. The highest BCUT2D eigenvalue weighted by molar-refractivity contribution is 5.84. The second-order valence-electron chi connectivity index (χ2n) is 4.89. The Morgan fingerprint density at radius 3 is 2.67 bits per heavy atom. The van der Waals surface area contributed by atoms with Crippen molar-refractivity contribution in [1.29, 1.82) is 0 Å². The topological polar surface area (TPSA) is 70.9 Å². The van der Waals surface area contributed by atoms with Crippen LogP contribution in [0.1, 0.15) is 31.9 Å². The van der Waals surface area contributed by atoms with Gasteiger partial charge in [-0.05, 0) is 23.1 Å². The number of hydrogen-bond acceptors (Lipinski definition) is 4. The molecule has 2 N–H and O–H groups in total. The zero-order valence-electron chi connectivity index (χ0n) is 11.0. The molecule has 0 aliphatic carbocycles. The molecule has 0 saturated heterocycles. The molecule has 0 bridgehead atoms. The summed E-state index contributed by atoms with van der Waals surface area (Å²) in [5.41, 5.74) is 3.75. The van der Waals surface area contributed by atoms with Crippen molar-refractivity contribution in [3.63, 3.8) is 0 Å². The largest absolute Gasteiger partial charge is 0.507 e. The first-order valence-corrected chi connectivity index (χ1v) is 5.55. The maximum Gasteiger partial charge on any atom is 0.427 e. The molecule has 0 aliphatic heterocycles. The van der Waals surface area contributed by atoms with Crippen LogP contribution in [0.15, 0.2) is 23.3 Å². The van der Waals surface area contributed by atoms with Gasteiger partial charge in [0.25, 0.3) is 0 Å². The minimum absolute atomic E-state index is 0.0218.